The molecule has 0 spiro atoms. The summed E-state index contributed by atoms with van der Waals surface area (Å²) in [6.07, 6.45) is 10.0. The molecular formula is C22H32N2. The Balaban J connectivity index is 1.81. The molecule has 0 aliphatic heterocycles. The normalized spacial score (nSPS) is 27.5. The Morgan fingerprint density at radius 1 is 0.958 bits per heavy atom. The van der Waals surface area contributed by atoms with Gasteiger partial charge in [0.15, 0.2) is 0 Å². The van der Waals surface area contributed by atoms with E-state index in [1.165, 1.54) is 30.4 Å². The molecule has 130 valence electrons. The van der Waals surface area contributed by atoms with E-state index >= 15 is 0 Å². The van der Waals surface area contributed by atoms with Gasteiger partial charge in [0.1, 0.15) is 0 Å². The van der Waals surface area contributed by atoms with Crippen LogP contribution >= 0.6 is 0 Å². The zero-order valence-corrected chi connectivity index (χ0v) is 15.7. The third-order valence-corrected chi connectivity index (χ3v) is 5.73. The molecule has 2 nitrogen and oxygen atoms in total. The Hall–Kier alpha value is -1.38. The summed E-state index contributed by atoms with van der Waals surface area (Å²) in [5.74, 6) is 1.37. The Labute approximate surface area is 147 Å². The van der Waals surface area contributed by atoms with Crippen molar-refractivity contribution in [2.45, 2.75) is 37.6 Å². The number of allylic oxidation sites excluding steroid dienone is 2. The maximum atomic E-state index is 2.50. The smallest absolute Gasteiger partial charge is 0.0224 e. The van der Waals surface area contributed by atoms with Crippen molar-refractivity contribution in [1.29, 1.82) is 0 Å². The van der Waals surface area contributed by atoms with Crippen LogP contribution in [0.4, 0.5) is 0 Å². The second-order valence-corrected chi connectivity index (χ2v) is 7.99. The van der Waals surface area contributed by atoms with Crippen LogP contribution in [0.25, 0.3) is 0 Å². The van der Waals surface area contributed by atoms with E-state index in [4.69, 9.17) is 0 Å². The van der Waals surface area contributed by atoms with Crippen LogP contribution in [0.2, 0.25) is 0 Å². The summed E-state index contributed by atoms with van der Waals surface area (Å²) in [7, 11) is 8.78. The van der Waals surface area contributed by atoms with E-state index < -0.39 is 0 Å². The van der Waals surface area contributed by atoms with E-state index in [1.54, 1.807) is 5.57 Å². The average molecular weight is 325 g/mol. The minimum atomic E-state index is 0.658. The Morgan fingerprint density at radius 3 is 2.38 bits per heavy atom. The summed E-state index contributed by atoms with van der Waals surface area (Å²) in [6, 6.07) is 11.9. The highest BCUT2D eigenvalue weighted by Gasteiger charge is 2.34. The Bertz CT molecular complexity index is 598. The summed E-state index contributed by atoms with van der Waals surface area (Å²) in [6.45, 7) is 1.06. The monoisotopic (exact) mass is 324 g/mol. The zero-order valence-electron chi connectivity index (χ0n) is 15.7. The molecule has 0 N–H and O–H groups in total. The number of rotatable bonds is 5. The van der Waals surface area contributed by atoms with Crippen molar-refractivity contribution in [2.75, 3.05) is 34.7 Å². The fourth-order valence-corrected chi connectivity index (χ4v) is 4.47. The highest BCUT2D eigenvalue weighted by molar-refractivity contribution is 5.37. The van der Waals surface area contributed by atoms with Crippen molar-refractivity contribution >= 4 is 0 Å². The van der Waals surface area contributed by atoms with Gasteiger partial charge in [0.25, 0.3) is 0 Å². The van der Waals surface area contributed by atoms with E-state index in [1.807, 2.05) is 0 Å². The number of likely N-dealkylation sites (N-methyl/N-ethyl adjacent to an activating group) is 1. The molecule has 1 aromatic rings. The lowest BCUT2D eigenvalue weighted by Crippen LogP contribution is -2.36. The highest BCUT2D eigenvalue weighted by atomic mass is 15.1. The summed E-state index contributed by atoms with van der Waals surface area (Å²) in [4.78, 5) is 4.69. The molecule has 2 aliphatic carbocycles. The van der Waals surface area contributed by atoms with E-state index in [0.29, 0.717) is 17.9 Å². The second-order valence-electron chi connectivity index (χ2n) is 7.99. The number of benzene rings is 1. The van der Waals surface area contributed by atoms with Crippen LogP contribution in [-0.4, -0.2) is 50.6 Å². The molecule has 24 heavy (non-hydrogen) atoms. The summed E-state index contributed by atoms with van der Waals surface area (Å²) in [5.41, 5.74) is 4.69. The van der Waals surface area contributed by atoms with Gasteiger partial charge in [-0.3, -0.25) is 0 Å². The molecule has 0 radical (unpaired) electrons. The Kier molecular flexibility index (Phi) is 5.57. The molecule has 3 unspecified atom stereocenters. The summed E-state index contributed by atoms with van der Waals surface area (Å²) in [5, 5.41) is 0. The van der Waals surface area contributed by atoms with Crippen molar-refractivity contribution < 1.29 is 0 Å². The van der Waals surface area contributed by atoms with Crippen molar-refractivity contribution in [3.63, 3.8) is 0 Å². The largest absolute Gasteiger partial charge is 0.306 e. The van der Waals surface area contributed by atoms with Crippen molar-refractivity contribution in [2.24, 2.45) is 5.92 Å². The van der Waals surface area contributed by atoms with Gasteiger partial charge in [-0.25, -0.2) is 0 Å². The third-order valence-electron chi connectivity index (χ3n) is 5.73. The van der Waals surface area contributed by atoms with Crippen LogP contribution in [-0.2, 0) is 0 Å². The first-order valence-electron chi connectivity index (χ1n) is 9.30. The molecule has 2 aliphatic rings. The van der Waals surface area contributed by atoms with Crippen molar-refractivity contribution in [3.05, 3.63) is 59.2 Å². The molecule has 0 amide bonds. The Morgan fingerprint density at radius 2 is 1.71 bits per heavy atom. The number of hydrogen-bond donors (Lipinski definition) is 0. The van der Waals surface area contributed by atoms with Gasteiger partial charge in [-0.1, -0.05) is 48.1 Å². The van der Waals surface area contributed by atoms with Crippen LogP contribution in [0.3, 0.4) is 0 Å². The molecule has 3 atom stereocenters. The van der Waals surface area contributed by atoms with E-state index in [2.05, 4.69) is 80.5 Å². The highest BCUT2D eigenvalue weighted by Crippen LogP contribution is 2.45. The SMILES string of the molecule is CN(C)CC1=CCC(C2CCC(N(C)C)CC2c2ccccc2)=C1. The molecule has 1 fully saturated rings. The fourth-order valence-electron chi connectivity index (χ4n) is 4.47. The molecule has 0 saturated heterocycles. The molecule has 0 bridgehead atoms. The third kappa shape index (κ3) is 3.99. The van der Waals surface area contributed by atoms with Crippen molar-refractivity contribution in [1.82, 2.24) is 9.80 Å². The van der Waals surface area contributed by atoms with Gasteiger partial charge in [-0.05, 0) is 76.8 Å². The van der Waals surface area contributed by atoms with Crippen molar-refractivity contribution in [3.8, 4) is 0 Å². The van der Waals surface area contributed by atoms with Crippen LogP contribution in [0, 0.1) is 5.92 Å². The maximum Gasteiger partial charge on any atom is 0.0224 e. The first kappa shape index (κ1) is 17.4. The lowest BCUT2D eigenvalue weighted by atomic mass is 9.70. The fraction of sp³-hybridized carbons (Fsp3) is 0.545. The predicted molar refractivity (Wildman–Crippen MR) is 103 cm³/mol. The quantitative estimate of drug-likeness (QED) is 0.796. The number of nitrogens with zero attached hydrogens (tertiary/aromatic N) is 2. The first-order chi connectivity index (χ1) is 11.5. The van der Waals surface area contributed by atoms with Gasteiger partial charge < -0.3 is 9.80 Å². The summed E-state index contributed by atoms with van der Waals surface area (Å²) >= 11 is 0. The van der Waals surface area contributed by atoms with Crippen LogP contribution in [0.15, 0.2) is 53.6 Å². The molecule has 1 saturated carbocycles. The minimum Gasteiger partial charge on any atom is -0.306 e. The van der Waals surface area contributed by atoms with Crippen LogP contribution < -0.4 is 0 Å². The average Bonchev–Trinajstić information content (AvgIpc) is 3.02. The molecule has 0 heterocycles. The van der Waals surface area contributed by atoms with E-state index in [0.717, 1.165) is 13.0 Å². The minimum absolute atomic E-state index is 0.658. The van der Waals surface area contributed by atoms with Gasteiger partial charge in [-0.2, -0.15) is 0 Å². The summed E-state index contributed by atoms with van der Waals surface area (Å²) < 4.78 is 0. The van der Waals surface area contributed by atoms with Gasteiger partial charge >= 0.3 is 0 Å². The zero-order chi connectivity index (χ0) is 17.1. The number of hydrogen-bond acceptors (Lipinski definition) is 2. The molecule has 0 aromatic heterocycles. The van der Waals surface area contributed by atoms with Gasteiger partial charge in [-0.15, -0.1) is 0 Å². The second kappa shape index (κ2) is 7.67. The molecular weight excluding hydrogens is 292 g/mol. The van der Waals surface area contributed by atoms with Crippen LogP contribution in [0.1, 0.15) is 37.2 Å². The predicted octanol–water partition coefficient (Wildman–Crippen LogP) is 4.32. The van der Waals surface area contributed by atoms with E-state index in [-0.39, 0.29) is 0 Å². The maximum absolute atomic E-state index is 2.50. The van der Waals surface area contributed by atoms with Gasteiger partial charge in [0.05, 0.1) is 0 Å². The lowest BCUT2D eigenvalue weighted by molar-refractivity contribution is 0.184. The topological polar surface area (TPSA) is 6.48 Å². The lowest BCUT2D eigenvalue weighted by Gasteiger charge is -2.40. The molecule has 2 heteroatoms. The van der Waals surface area contributed by atoms with Gasteiger partial charge in [0.2, 0.25) is 0 Å². The molecule has 3 rings (SSSR count). The van der Waals surface area contributed by atoms with E-state index in [9.17, 15) is 0 Å². The van der Waals surface area contributed by atoms with Crippen LogP contribution in [0.5, 0.6) is 0 Å². The molecule has 1 aromatic carbocycles. The first-order valence-corrected chi connectivity index (χ1v) is 9.30. The standard InChI is InChI=1S/C22H32N2/c1-23(2)16-17-10-11-19(14-17)21-13-12-20(24(3)4)15-22(21)18-8-6-5-7-9-18/h5-10,14,20-22H,11-13,15-16H2,1-4H3. The van der Waals surface area contributed by atoms with Gasteiger partial charge in [0, 0.05) is 12.6 Å².